The van der Waals surface area contributed by atoms with Crippen molar-refractivity contribution < 1.29 is 4.74 Å². The van der Waals surface area contributed by atoms with Gasteiger partial charge in [-0.1, -0.05) is 30.3 Å². The molecule has 16 heavy (non-hydrogen) atoms. The Morgan fingerprint density at radius 2 is 2.25 bits per heavy atom. The zero-order valence-electron chi connectivity index (χ0n) is 10.0. The molecule has 2 nitrogen and oxygen atoms in total. The third kappa shape index (κ3) is 3.54. The van der Waals surface area contributed by atoms with Crippen LogP contribution in [-0.2, 0) is 0 Å². The molecule has 1 rings (SSSR count). The summed E-state index contributed by atoms with van der Waals surface area (Å²) in [5.41, 5.74) is 2.30. The third-order valence-electron chi connectivity index (χ3n) is 2.45. The molecule has 1 atom stereocenters. The van der Waals surface area contributed by atoms with Crippen LogP contribution in [0.15, 0.2) is 29.8 Å². The fourth-order valence-corrected chi connectivity index (χ4v) is 1.49. The number of hydrogen-bond donors (Lipinski definition) is 1. The van der Waals surface area contributed by atoms with Gasteiger partial charge in [0.2, 0.25) is 0 Å². The minimum atomic E-state index is 0.249. The van der Waals surface area contributed by atoms with E-state index in [1.807, 2.05) is 20.0 Å². The summed E-state index contributed by atoms with van der Waals surface area (Å²) in [7, 11) is 1.93. The van der Waals surface area contributed by atoms with Crippen molar-refractivity contribution in [3.05, 3.63) is 40.9 Å². The fourth-order valence-electron chi connectivity index (χ4n) is 1.44. The van der Waals surface area contributed by atoms with E-state index in [0.29, 0.717) is 11.6 Å². The smallest absolute Gasteiger partial charge is 0.124 e. The van der Waals surface area contributed by atoms with Gasteiger partial charge in [-0.3, -0.25) is 0 Å². The molecule has 0 spiro atoms. The highest BCUT2D eigenvalue weighted by Gasteiger charge is 2.10. The lowest BCUT2D eigenvalue weighted by atomic mass is 10.1. The van der Waals surface area contributed by atoms with E-state index in [0.717, 1.165) is 11.3 Å². The van der Waals surface area contributed by atoms with Gasteiger partial charge in [0.25, 0.3) is 0 Å². The van der Waals surface area contributed by atoms with Crippen LogP contribution in [0.3, 0.4) is 0 Å². The summed E-state index contributed by atoms with van der Waals surface area (Å²) >= 11 is 5.70. The number of ether oxygens (including phenoxy) is 1. The van der Waals surface area contributed by atoms with Crippen LogP contribution < -0.4 is 10.1 Å². The Kier molecular flexibility index (Phi) is 4.84. The van der Waals surface area contributed by atoms with Gasteiger partial charge in [-0.15, -0.1) is 0 Å². The molecule has 3 heteroatoms. The van der Waals surface area contributed by atoms with E-state index >= 15 is 0 Å². The molecule has 1 aromatic carbocycles. The number of rotatable bonds is 5. The van der Waals surface area contributed by atoms with Crippen molar-refractivity contribution in [1.82, 2.24) is 5.32 Å². The molecule has 0 saturated carbocycles. The topological polar surface area (TPSA) is 21.3 Å². The summed E-state index contributed by atoms with van der Waals surface area (Å²) in [6.45, 7) is 8.08. The van der Waals surface area contributed by atoms with Crippen LogP contribution in [0.25, 0.3) is 0 Å². The molecule has 0 aromatic heterocycles. The van der Waals surface area contributed by atoms with Gasteiger partial charge in [-0.2, -0.15) is 0 Å². The van der Waals surface area contributed by atoms with Gasteiger partial charge in [-0.25, -0.2) is 0 Å². The summed E-state index contributed by atoms with van der Waals surface area (Å²) in [5, 5.41) is 3.70. The Morgan fingerprint density at radius 3 is 2.81 bits per heavy atom. The second-order valence-electron chi connectivity index (χ2n) is 3.86. The lowest BCUT2D eigenvalue weighted by Crippen LogP contribution is -2.14. The Bertz CT molecular complexity index is 376. The van der Waals surface area contributed by atoms with Gasteiger partial charge in [0.15, 0.2) is 0 Å². The second-order valence-corrected chi connectivity index (χ2v) is 4.39. The molecule has 0 aliphatic carbocycles. The highest BCUT2D eigenvalue weighted by Crippen LogP contribution is 2.26. The molecule has 88 valence electrons. The Labute approximate surface area is 102 Å². The van der Waals surface area contributed by atoms with E-state index in [9.17, 15) is 0 Å². The fraction of sp³-hybridized carbons (Fsp3) is 0.385. The van der Waals surface area contributed by atoms with Crippen molar-refractivity contribution in [2.75, 3.05) is 13.7 Å². The molecule has 1 N–H and O–H groups in total. The molecule has 1 aromatic rings. The molecule has 0 aliphatic rings. The SMILES string of the molecule is C=C(Cl)COc1cc(C)ccc1C(C)NC. The van der Waals surface area contributed by atoms with E-state index in [1.165, 1.54) is 5.56 Å². The predicted octanol–water partition coefficient (Wildman–Crippen LogP) is 3.41. The normalized spacial score (nSPS) is 12.2. The monoisotopic (exact) mass is 239 g/mol. The van der Waals surface area contributed by atoms with Gasteiger partial charge in [0.05, 0.1) is 0 Å². The minimum absolute atomic E-state index is 0.249. The Balaban J connectivity index is 2.93. The number of benzene rings is 1. The van der Waals surface area contributed by atoms with Crippen LogP contribution >= 0.6 is 11.6 Å². The first-order chi connectivity index (χ1) is 7.54. The molecule has 0 radical (unpaired) electrons. The van der Waals surface area contributed by atoms with Gasteiger partial charge in [0.1, 0.15) is 12.4 Å². The zero-order valence-corrected chi connectivity index (χ0v) is 10.8. The second kappa shape index (κ2) is 5.92. The number of aryl methyl sites for hydroxylation is 1. The van der Waals surface area contributed by atoms with Crippen LogP contribution in [0.4, 0.5) is 0 Å². The van der Waals surface area contributed by atoms with Crippen LogP contribution in [0.1, 0.15) is 24.1 Å². The molecule has 0 bridgehead atoms. The minimum Gasteiger partial charge on any atom is -0.488 e. The number of halogens is 1. The van der Waals surface area contributed by atoms with Crippen molar-refractivity contribution in [2.24, 2.45) is 0 Å². The molecule has 0 fully saturated rings. The maximum Gasteiger partial charge on any atom is 0.124 e. The van der Waals surface area contributed by atoms with Crippen molar-refractivity contribution in [3.63, 3.8) is 0 Å². The highest BCUT2D eigenvalue weighted by atomic mass is 35.5. The molecule has 0 amide bonds. The molecule has 0 heterocycles. The lowest BCUT2D eigenvalue weighted by molar-refractivity contribution is 0.351. The quantitative estimate of drug-likeness (QED) is 0.850. The summed E-state index contributed by atoms with van der Waals surface area (Å²) in [5.74, 6) is 0.864. The van der Waals surface area contributed by atoms with E-state index in [1.54, 1.807) is 0 Å². The summed E-state index contributed by atoms with van der Waals surface area (Å²) < 4.78 is 5.63. The summed E-state index contributed by atoms with van der Waals surface area (Å²) in [6.07, 6.45) is 0. The first kappa shape index (κ1) is 13.1. The Morgan fingerprint density at radius 1 is 1.56 bits per heavy atom. The Hall–Kier alpha value is -0.990. The third-order valence-corrected chi connectivity index (χ3v) is 2.56. The molecular formula is C13H18ClNO. The van der Waals surface area contributed by atoms with Crippen LogP contribution in [0.2, 0.25) is 0 Å². The van der Waals surface area contributed by atoms with E-state index in [4.69, 9.17) is 16.3 Å². The predicted molar refractivity (Wildman–Crippen MR) is 69.1 cm³/mol. The van der Waals surface area contributed by atoms with Crippen molar-refractivity contribution in [2.45, 2.75) is 19.9 Å². The van der Waals surface area contributed by atoms with Gasteiger partial charge in [0, 0.05) is 16.6 Å². The number of hydrogen-bond acceptors (Lipinski definition) is 2. The van der Waals surface area contributed by atoms with Crippen LogP contribution in [0, 0.1) is 6.92 Å². The largest absolute Gasteiger partial charge is 0.488 e. The van der Waals surface area contributed by atoms with E-state index in [2.05, 4.69) is 31.0 Å². The van der Waals surface area contributed by atoms with Gasteiger partial charge < -0.3 is 10.1 Å². The van der Waals surface area contributed by atoms with Crippen molar-refractivity contribution in [3.8, 4) is 5.75 Å². The number of nitrogens with one attached hydrogen (secondary N) is 1. The lowest BCUT2D eigenvalue weighted by Gasteiger charge is -2.17. The molecule has 1 unspecified atom stereocenters. The van der Waals surface area contributed by atoms with Crippen molar-refractivity contribution in [1.29, 1.82) is 0 Å². The maximum absolute atomic E-state index is 5.70. The molecular weight excluding hydrogens is 222 g/mol. The average molecular weight is 240 g/mol. The van der Waals surface area contributed by atoms with Gasteiger partial charge >= 0.3 is 0 Å². The molecule has 0 aliphatic heterocycles. The first-order valence-corrected chi connectivity index (χ1v) is 5.66. The average Bonchev–Trinajstić information content (AvgIpc) is 2.25. The van der Waals surface area contributed by atoms with Crippen molar-refractivity contribution >= 4 is 11.6 Å². The summed E-state index contributed by atoms with van der Waals surface area (Å²) in [4.78, 5) is 0. The highest BCUT2D eigenvalue weighted by molar-refractivity contribution is 6.29. The molecule has 0 saturated heterocycles. The van der Waals surface area contributed by atoms with Gasteiger partial charge in [-0.05, 0) is 32.5 Å². The first-order valence-electron chi connectivity index (χ1n) is 5.28. The zero-order chi connectivity index (χ0) is 12.1. The standard InChI is InChI=1S/C13H18ClNO/c1-9-5-6-12(11(3)15-4)13(7-9)16-8-10(2)14/h5-7,11,15H,2,8H2,1,3-4H3. The van der Waals surface area contributed by atoms with E-state index in [-0.39, 0.29) is 6.04 Å². The van der Waals surface area contributed by atoms with Crippen LogP contribution in [0.5, 0.6) is 5.75 Å². The van der Waals surface area contributed by atoms with E-state index < -0.39 is 0 Å². The van der Waals surface area contributed by atoms with Crippen LogP contribution in [-0.4, -0.2) is 13.7 Å². The maximum atomic E-state index is 5.70. The summed E-state index contributed by atoms with van der Waals surface area (Å²) in [6, 6.07) is 6.41.